The monoisotopic (exact) mass is 350 g/mol. The lowest BCUT2D eigenvalue weighted by molar-refractivity contribution is -0.00000359. The molecule has 1 aromatic rings. The molecule has 0 saturated heterocycles. The van der Waals surface area contributed by atoms with Crippen LogP contribution in [0.25, 0.3) is 0 Å². The Morgan fingerprint density at radius 2 is 1.44 bits per heavy atom. The van der Waals surface area contributed by atoms with Crippen LogP contribution in [0.2, 0.25) is 0 Å². The van der Waals surface area contributed by atoms with Crippen molar-refractivity contribution < 1.29 is 12.4 Å². The van der Waals surface area contributed by atoms with Gasteiger partial charge in [0.1, 0.15) is 17.3 Å². The summed E-state index contributed by atoms with van der Waals surface area (Å²) in [7, 11) is 0.603. The standard InChI is InChI=1S/C15H24BrS.ClH/c1-3-5-11-17(12-6-4-2)13-14-7-9-15(16)10-8-14;/h7-10H,3-6,11-13H2,1-2H3;1H/q+1;/p-1. The smallest absolute Gasteiger partial charge is 0.133 e. The minimum Gasteiger partial charge on any atom is -1.00 e. The molecule has 0 unspecified atom stereocenters. The van der Waals surface area contributed by atoms with Crippen LogP contribution in [0.3, 0.4) is 0 Å². The third-order valence-electron chi connectivity index (χ3n) is 2.86. The number of halogens is 2. The molecular weight excluding hydrogens is 328 g/mol. The van der Waals surface area contributed by atoms with Crippen LogP contribution >= 0.6 is 15.9 Å². The van der Waals surface area contributed by atoms with Crippen LogP contribution in [0.5, 0.6) is 0 Å². The highest BCUT2D eigenvalue weighted by Crippen LogP contribution is 2.16. The maximum atomic E-state index is 3.50. The Kier molecular flexibility index (Phi) is 11.4. The molecule has 0 fully saturated rings. The number of rotatable bonds is 8. The molecule has 0 aliphatic rings. The third kappa shape index (κ3) is 7.70. The van der Waals surface area contributed by atoms with E-state index >= 15 is 0 Å². The normalized spacial score (nSPS) is 10.4. The fourth-order valence-electron chi connectivity index (χ4n) is 1.76. The average molecular weight is 352 g/mol. The number of hydrogen-bond acceptors (Lipinski definition) is 0. The van der Waals surface area contributed by atoms with E-state index in [-0.39, 0.29) is 12.4 Å². The zero-order valence-corrected chi connectivity index (χ0v) is 14.6. The quantitative estimate of drug-likeness (QED) is 0.630. The van der Waals surface area contributed by atoms with Crippen molar-refractivity contribution in [1.82, 2.24) is 0 Å². The van der Waals surface area contributed by atoms with Gasteiger partial charge in [-0.05, 0) is 35.9 Å². The van der Waals surface area contributed by atoms with Gasteiger partial charge in [-0.15, -0.1) is 0 Å². The van der Waals surface area contributed by atoms with Crippen LogP contribution in [0.15, 0.2) is 28.7 Å². The number of benzene rings is 1. The van der Waals surface area contributed by atoms with E-state index in [1.54, 1.807) is 0 Å². The predicted octanol–water partition coefficient (Wildman–Crippen LogP) is 2.17. The lowest BCUT2D eigenvalue weighted by Crippen LogP contribution is -3.00. The summed E-state index contributed by atoms with van der Waals surface area (Å²) >= 11 is 3.50. The van der Waals surface area contributed by atoms with Crippen LogP contribution in [0.4, 0.5) is 0 Å². The van der Waals surface area contributed by atoms with Gasteiger partial charge in [0.2, 0.25) is 0 Å². The van der Waals surface area contributed by atoms with Crippen LogP contribution in [0.1, 0.15) is 45.1 Å². The van der Waals surface area contributed by atoms with Crippen molar-refractivity contribution in [3.8, 4) is 0 Å². The topological polar surface area (TPSA) is 0 Å². The van der Waals surface area contributed by atoms with Gasteiger partial charge in [-0.25, -0.2) is 0 Å². The van der Waals surface area contributed by atoms with Crippen molar-refractivity contribution in [3.63, 3.8) is 0 Å². The van der Waals surface area contributed by atoms with E-state index in [0.29, 0.717) is 10.9 Å². The van der Waals surface area contributed by atoms with Crippen LogP contribution in [0, 0.1) is 0 Å². The number of hydrogen-bond donors (Lipinski definition) is 0. The van der Waals surface area contributed by atoms with Gasteiger partial charge in [0, 0.05) is 10.0 Å². The van der Waals surface area contributed by atoms with Gasteiger partial charge in [0.15, 0.2) is 0 Å². The molecule has 0 nitrogen and oxygen atoms in total. The van der Waals surface area contributed by atoms with Crippen molar-refractivity contribution in [2.24, 2.45) is 0 Å². The van der Waals surface area contributed by atoms with Crippen molar-refractivity contribution in [2.75, 3.05) is 11.5 Å². The Labute approximate surface area is 130 Å². The lowest BCUT2D eigenvalue weighted by atomic mass is 10.2. The first-order valence-electron chi connectivity index (χ1n) is 6.64. The lowest BCUT2D eigenvalue weighted by Gasteiger charge is -2.08. The molecule has 104 valence electrons. The van der Waals surface area contributed by atoms with Crippen molar-refractivity contribution in [1.29, 1.82) is 0 Å². The molecule has 0 saturated carbocycles. The molecular formula is C15H24BrClS. The van der Waals surface area contributed by atoms with Crippen LogP contribution < -0.4 is 12.4 Å². The molecule has 1 aromatic carbocycles. The van der Waals surface area contributed by atoms with Crippen LogP contribution in [-0.4, -0.2) is 11.5 Å². The maximum absolute atomic E-state index is 3.50. The van der Waals surface area contributed by atoms with Crippen molar-refractivity contribution in [2.45, 2.75) is 45.3 Å². The van der Waals surface area contributed by atoms with Gasteiger partial charge >= 0.3 is 0 Å². The molecule has 1 rings (SSSR count). The molecule has 0 heterocycles. The predicted molar refractivity (Wildman–Crippen MR) is 84.8 cm³/mol. The Morgan fingerprint density at radius 1 is 0.944 bits per heavy atom. The van der Waals surface area contributed by atoms with Gasteiger partial charge in [0.25, 0.3) is 0 Å². The second-order valence-corrected chi connectivity index (χ2v) is 7.74. The second kappa shape index (κ2) is 11.2. The molecule has 0 amide bonds. The fourth-order valence-corrected chi connectivity index (χ4v) is 4.57. The van der Waals surface area contributed by atoms with Gasteiger partial charge in [0.05, 0.1) is 0 Å². The summed E-state index contributed by atoms with van der Waals surface area (Å²) in [5.41, 5.74) is 1.50. The van der Waals surface area contributed by atoms with E-state index < -0.39 is 0 Å². The minimum absolute atomic E-state index is 0. The van der Waals surface area contributed by atoms with E-state index in [1.165, 1.54) is 53.0 Å². The van der Waals surface area contributed by atoms with Gasteiger partial charge in [-0.2, -0.15) is 0 Å². The van der Waals surface area contributed by atoms with E-state index in [0.717, 1.165) is 0 Å². The van der Waals surface area contributed by atoms with Crippen LogP contribution in [-0.2, 0) is 16.6 Å². The van der Waals surface area contributed by atoms with Crippen molar-refractivity contribution >= 4 is 26.8 Å². The molecule has 0 spiro atoms. The summed E-state index contributed by atoms with van der Waals surface area (Å²) in [6.07, 6.45) is 5.44. The first-order valence-corrected chi connectivity index (χ1v) is 9.17. The number of unbranched alkanes of at least 4 members (excludes halogenated alkanes) is 2. The molecule has 0 aliphatic carbocycles. The summed E-state index contributed by atoms with van der Waals surface area (Å²) in [4.78, 5) is 0. The first kappa shape index (κ1) is 18.3. The maximum Gasteiger partial charge on any atom is 0.133 e. The molecule has 0 N–H and O–H groups in total. The van der Waals surface area contributed by atoms with Gasteiger partial charge in [-0.1, -0.05) is 54.8 Å². The second-order valence-electron chi connectivity index (χ2n) is 4.50. The highest BCUT2D eigenvalue weighted by molar-refractivity contribution is 9.10. The Bertz CT molecular complexity index is 292. The highest BCUT2D eigenvalue weighted by atomic mass is 79.9. The van der Waals surface area contributed by atoms with E-state index in [1.807, 2.05) is 0 Å². The van der Waals surface area contributed by atoms with E-state index in [9.17, 15) is 0 Å². The Balaban J connectivity index is 0.00000289. The summed E-state index contributed by atoms with van der Waals surface area (Å²) < 4.78 is 1.18. The molecule has 0 aliphatic heterocycles. The summed E-state index contributed by atoms with van der Waals surface area (Å²) in [5.74, 6) is 4.13. The highest BCUT2D eigenvalue weighted by Gasteiger charge is 2.17. The van der Waals surface area contributed by atoms with Crippen molar-refractivity contribution in [3.05, 3.63) is 34.3 Å². The zero-order valence-electron chi connectivity index (χ0n) is 11.4. The average Bonchev–Trinajstić information content (AvgIpc) is 2.35. The zero-order chi connectivity index (χ0) is 12.5. The molecule has 3 heteroatoms. The summed E-state index contributed by atoms with van der Waals surface area (Å²) in [6.45, 7) is 4.59. The SMILES string of the molecule is CCCC[S+](CCCC)Cc1ccc(Br)cc1.[Cl-]. The first-order chi connectivity index (χ1) is 8.26. The van der Waals surface area contributed by atoms with E-state index in [2.05, 4.69) is 54.0 Å². The molecule has 0 radical (unpaired) electrons. The van der Waals surface area contributed by atoms with E-state index in [4.69, 9.17) is 0 Å². The van der Waals surface area contributed by atoms with Gasteiger partial charge in [-0.3, -0.25) is 0 Å². The summed E-state index contributed by atoms with van der Waals surface area (Å²) in [6, 6.07) is 8.86. The largest absolute Gasteiger partial charge is 1.00 e. The third-order valence-corrected chi connectivity index (χ3v) is 5.86. The van der Waals surface area contributed by atoms with Gasteiger partial charge < -0.3 is 12.4 Å². The molecule has 0 atom stereocenters. The molecule has 0 bridgehead atoms. The fraction of sp³-hybridized carbons (Fsp3) is 0.600. The molecule has 0 aromatic heterocycles. The Morgan fingerprint density at radius 3 is 1.89 bits per heavy atom. The molecule has 18 heavy (non-hydrogen) atoms. The minimum atomic E-state index is 0. The summed E-state index contributed by atoms with van der Waals surface area (Å²) in [5, 5.41) is 0. The Hall–Kier alpha value is 0.340.